The lowest BCUT2D eigenvalue weighted by atomic mass is 9.87. The Balaban J connectivity index is 2.12. The van der Waals surface area contributed by atoms with E-state index in [0.29, 0.717) is 12.3 Å². The van der Waals surface area contributed by atoms with E-state index in [1.807, 2.05) is 11.8 Å². The Kier molecular flexibility index (Phi) is 4.16. The molecule has 4 heteroatoms. The molecule has 1 unspecified atom stereocenters. The fraction of sp³-hybridized carbons (Fsp3) is 0.867. The summed E-state index contributed by atoms with van der Waals surface area (Å²) in [5, 5.41) is 2.84. The van der Waals surface area contributed by atoms with Gasteiger partial charge in [-0.05, 0) is 39.0 Å². The molecule has 1 aliphatic carbocycles. The van der Waals surface area contributed by atoms with Crippen molar-refractivity contribution in [2.45, 2.75) is 70.9 Å². The van der Waals surface area contributed by atoms with Crippen LogP contribution < -0.4 is 5.32 Å². The lowest BCUT2D eigenvalue weighted by molar-refractivity contribution is -0.154. The maximum absolute atomic E-state index is 12.5. The summed E-state index contributed by atoms with van der Waals surface area (Å²) in [6.07, 6.45) is 6.93. The van der Waals surface area contributed by atoms with Gasteiger partial charge in [-0.15, -0.1) is 0 Å². The zero-order valence-electron chi connectivity index (χ0n) is 12.4. The summed E-state index contributed by atoms with van der Waals surface area (Å²) in [7, 11) is 0. The molecule has 19 heavy (non-hydrogen) atoms. The molecule has 0 aromatic heterocycles. The molecule has 2 amide bonds. The molecular weight excluding hydrogens is 240 g/mol. The van der Waals surface area contributed by atoms with E-state index in [2.05, 4.69) is 5.32 Å². The standard InChI is InChI=1S/C15H26N2O2/c1-4-12-13(18)16-15(2,3)14(19)17(12)10-11-8-6-5-7-9-11/h11-12H,4-10H2,1-3H3,(H,16,18). The van der Waals surface area contributed by atoms with Gasteiger partial charge in [0.05, 0.1) is 0 Å². The molecule has 1 N–H and O–H groups in total. The van der Waals surface area contributed by atoms with Crippen LogP contribution in [-0.2, 0) is 9.59 Å². The van der Waals surface area contributed by atoms with E-state index in [4.69, 9.17) is 0 Å². The number of nitrogens with one attached hydrogen (secondary N) is 1. The third-order valence-electron chi connectivity index (χ3n) is 4.48. The zero-order chi connectivity index (χ0) is 14.0. The van der Waals surface area contributed by atoms with Gasteiger partial charge in [0.25, 0.3) is 0 Å². The quantitative estimate of drug-likeness (QED) is 0.850. The van der Waals surface area contributed by atoms with E-state index in [1.165, 1.54) is 32.1 Å². The van der Waals surface area contributed by atoms with E-state index in [9.17, 15) is 9.59 Å². The normalized spacial score (nSPS) is 28.4. The number of hydrogen-bond donors (Lipinski definition) is 1. The average Bonchev–Trinajstić information content (AvgIpc) is 2.37. The maximum atomic E-state index is 12.5. The molecule has 0 aromatic rings. The number of carbonyl (C=O) groups excluding carboxylic acids is 2. The summed E-state index contributed by atoms with van der Waals surface area (Å²) in [6, 6.07) is -0.276. The molecule has 2 aliphatic rings. The number of nitrogens with zero attached hydrogens (tertiary/aromatic N) is 1. The highest BCUT2D eigenvalue weighted by Crippen LogP contribution is 2.28. The van der Waals surface area contributed by atoms with Gasteiger partial charge in [0, 0.05) is 6.54 Å². The molecule has 2 fully saturated rings. The fourth-order valence-corrected chi connectivity index (χ4v) is 3.35. The Morgan fingerprint density at radius 2 is 1.84 bits per heavy atom. The van der Waals surface area contributed by atoms with Gasteiger partial charge in [0.2, 0.25) is 11.8 Å². The van der Waals surface area contributed by atoms with Gasteiger partial charge in [0.15, 0.2) is 0 Å². The van der Waals surface area contributed by atoms with Crippen molar-refractivity contribution in [3.63, 3.8) is 0 Å². The largest absolute Gasteiger partial charge is 0.340 e. The van der Waals surface area contributed by atoms with Crippen LogP contribution in [0.15, 0.2) is 0 Å². The van der Waals surface area contributed by atoms with Crippen LogP contribution in [-0.4, -0.2) is 34.8 Å². The minimum absolute atomic E-state index is 0.00269. The topological polar surface area (TPSA) is 49.4 Å². The first-order valence-electron chi connectivity index (χ1n) is 7.59. The monoisotopic (exact) mass is 266 g/mol. The van der Waals surface area contributed by atoms with Gasteiger partial charge in [0.1, 0.15) is 11.6 Å². The summed E-state index contributed by atoms with van der Waals surface area (Å²) >= 11 is 0. The molecule has 1 heterocycles. The Morgan fingerprint density at radius 3 is 2.42 bits per heavy atom. The molecule has 0 aromatic carbocycles. The highest BCUT2D eigenvalue weighted by Gasteiger charge is 2.44. The van der Waals surface area contributed by atoms with Crippen molar-refractivity contribution in [3.05, 3.63) is 0 Å². The molecule has 4 nitrogen and oxygen atoms in total. The average molecular weight is 266 g/mol. The number of hydrogen-bond acceptors (Lipinski definition) is 2. The van der Waals surface area contributed by atoms with E-state index >= 15 is 0 Å². The highest BCUT2D eigenvalue weighted by atomic mass is 16.2. The van der Waals surface area contributed by atoms with Crippen molar-refractivity contribution < 1.29 is 9.59 Å². The van der Waals surface area contributed by atoms with Crippen molar-refractivity contribution in [2.75, 3.05) is 6.54 Å². The van der Waals surface area contributed by atoms with Crippen molar-refractivity contribution in [2.24, 2.45) is 5.92 Å². The highest BCUT2D eigenvalue weighted by molar-refractivity contribution is 5.99. The van der Waals surface area contributed by atoms with E-state index in [1.54, 1.807) is 13.8 Å². The van der Waals surface area contributed by atoms with Crippen LogP contribution >= 0.6 is 0 Å². The molecule has 0 spiro atoms. The summed E-state index contributed by atoms with van der Waals surface area (Å²) in [5.74, 6) is 0.654. The minimum Gasteiger partial charge on any atom is -0.340 e. The lowest BCUT2D eigenvalue weighted by Gasteiger charge is -2.44. The summed E-state index contributed by atoms with van der Waals surface area (Å²) in [4.78, 5) is 26.5. The second-order valence-electron chi connectivity index (χ2n) is 6.50. The predicted molar refractivity (Wildman–Crippen MR) is 74.6 cm³/mol. The van der Waals surface area contributed by atoms with E-state index < -0.39 is 5.54 Å². The van der Waals surface area contributed by atoms with E-state index in [-0.39, 0.29) is 17.9 Å². The van der Waals surface area contributed by atoms with Gasteiger partial charge < -0.3 is 10.2 Å². The van der Waals surface area contributed by atoms with Crippen molar-refractivity contribution >= 4 is 11.8 Å². The smallest absolute Gasteiger partial charge is 0.248 e. The molecular formula is C15H26N2O2. The third-order valence-corrected chi connectivity index (χ3v) is 4.48. The first-order chi connectivity index (χ1) is 8.95. The summed E-state index contributed by atoms with van der Waals surface area (Å²) in [5.41, 5.74) is -0.753. The van der Waals surface area contributed by atoms with Crippen molar-refractivity contribution in [1.82, 2.24) is 10.2 Å². The Bertz CT molecular complexity index is 359. The van der Waals surface area contributed by atoms with Crippen molar-refractivity contribution in [1.29, 1.82) is 0 Å². The van der Waals surface area contributed by atoms with Crippen LogP contribution in [0.3, 0.4) is 0 Å². The third kappa shape index (κ3) is 2.93. The lowest BCUT2D eigenvalue weighted by Crippen LogP contribution is -2.68. The second-order valence-corrected chi connectivity index (χ2v) is 6.50. The van der Waals surface area contributed by atoms with Gasteiger partial charge >= 0.3 is 0 Å². The molecule has 1 saturated carbocycles. The maximum Gasteiger partial charge on any atom is 0.248 e. The van der Waals surface area contributed by atoms with Crippen LogP contribution in [0.25, 0.3) is 0 Å². The number of rotatable bonds is 3. The first-order valence-corrected chi connectivity index (χ1v) is 7.59. The van der Waals surface area contributed by atoms with Gasteiger partial charge in [-0.3, -0.25) is 9.59 Å². The zero-order valence-corrected chi connectivity index (χ0v) is 12.4. The predicted octanol–water partition coefficient (Wildman–Crippen LogP) is 2.08. The van der Waals surface area contributed by atoms with Gasteiger partial charge in [-0.2, -0.15) is 0 Å². The fourth-order valence-electron chi connectivity index (χ4n) is 3.35. The molecule has 108 valence electrons. The minimum atomic E-state index is -0.753. The Morgan fingerprint density at radius 1 is 1.21 bits per heavy atom. The van der Waals surface area contributed by atoms with Gasteiger partial charge in [-0.1, -0.05) is 26.2 Å². The number of piperazine rings is 1. The van der Waals surface area contributed by atoms with Crippen LogP contribution in [0.2, 0.25) is 0 Å². The second kappa shape index (κ2) is 5.51. The Labute approximate surface area is 115 Å². The SMILES string of the molecule is CCC1C(=O)NC(C)(C)C(=O)N1CC1CCCCC1. The first kappa shape index (κ1) is 14.4. The molecule has 2 rings (SSSR count). The molecule has 1 atom stereocenters. The van der Waals surface area contributed by atoms with Crippen LogP contribution in [0.4, 0.5) is 0 Å². The Hall–Kier alpha value is -1.06. The molecule has 1 aliphatic heterocycles. The molecule has 0 bridgehead atoms. The number of amides is 2. The van der Waals surface area contributed by atoms with E-state index in [0.717, 1.165) is 6.54 Å². The number of carbonyl (C=O) groups is 2. The molecule has 1 saturated heterocycles. The van der Waals surface area contributed by atoms with Crippen LogP contribution in [0.5, 0.6) is 0 Å². The molecule has 0 radical (unpaired) electrons. The van der Waals surface area contributed by atoms with Crippen LogP contribution in [0.1, 0.15) is 59.3 Å². The summed E-state index contributed by atoms with van der Waals surface area (Å²) in [6.45, 7) is 6.33. The van der Waals surface area contributed by atoms with Crippen molar-refractivity contribution in [3.8, 4) is 0 Å². The van der Waals surface area contributed by atoms with Gasteiger partial charge in [-0.25, -0.2) is 0 Å². The summed E-state index contributed by atoms with van der Waals surface area (Å²) < 4.78 is 0. The van der Waals surface area contributed by atoms with Crippen LogP contribution in [0, 0.1) is 5.92 Å².